The highest BCUT2D eigenvalue weighted by atomic mass is 16.5. The van der Waals surface area contributed by atoms with Gasteiger partial charge in [0, 0.05) is 6.04 Å². The van der Waals surface area contributed by atoms with E-state index in [9.17, 15) is 0 Å². The quantitative estimate of drug-likeness (QED) is 0.805. The van der Waals surface area contributed by atoms with Gasteiger partial charge in [0.1, 0.15) is 11.5 Å². The molecule has 0 amide bonds. The van der Waals surface area contributed by atoms with E-state index in [-0.39, 0.29) is 6.04 Å². The van der Waals surface area contributed by atoms with E-state index >= 15 is 0 Å². The Bertz CT molecular complexity index is 326. The molecule has 1 atom stereocenters. The summed E-state index contributed by atoms with van der Waals surface area (Å²) >= 11 is 0. The van der Waals surface area contributed by atoms with E-state index in [1.165, 1.54) is 0 Å². The number of methoxy groups -OCH3 is 1. The van der Waals surface area contributed by atoms with Gasteiger partial charge in [0.15, 0.2) is 0 Å². The first-order chi connectivity index (χ1) is 7.71. The molecule has 0 aliphatic carbocycles. The van der Waals surface area contributed by atoms with Crippen LogP contribution in [0.4, 0.5) is 0 Å². The van der Waals surface area contributed by atoms with Gasteiger partial charge in [-0.25, -0.2) is 0 Å². The van der Waals surface area contributed by atoms with Gasteiger partial charge in [-0.15, -0.1) is 0 Å². The van der Waals surface area contributed by atoms with Gasteiger partial charge < -0.3 is 15.2 Å². The minimum atomic E-state index is 0.173. The highest BCUT2D eigenvalue weighted by Gasteiger charge is 2.09. The fraction of sp³-hybridized carbons (Fsp3) is 0.538. The van der Waals surface area contributed by atoms with Gasteiger partial charge in [-0.05, 0) is 43.5 Å². The fourth-order valence-electron chi connectivity index (χ4n) is 1.57. The molecule has 1 aromatic carbocycles. The van der Waals surface area contributed by atoms with Crippen LogP contribution in [-0.2, 0) is 6.42 Å². The Morgan fingerprint density at radius 2 is 2.06 bits per heavy atom. The summed E-state index contributed by atoms with van der Waals surface area (Å²) in [4.78, 5) is 0. The number of hydrogen-bond acceptors (Lipinski definition) is 3. The minimum Gasteiger partial charge on any atom is -0.497 e. The lowest BCUT2D eigenvalue weighted by Gasteiger charge is -2.14. The Hall–Kier alpha value is -1.22. The van der Waals surface area contributed by atoms with E-state index < -0.39 is 0 Å². The molecule has 0 aromatic heterocycles. The predicted octanol–water partition coefficient (Wildman–Crippen LogP) is 2.37. The van der Waals surface area contributed by atoms with Crippen molar-refractivity contribution in [3.63, 3.8) is 0 Å². The van der Waals surface area contributed by atoms with Crippen LogP contribution in [0.25, 0.3) is 0 Å². The molecule has 0 fully saturated rings. The summed E-state index contributed by atoms with van der Waals surface area (Å²) in [6.07, 6.45) is 1.78. The predicted molar refractivity (Wildman–Crippen MR) is 66.1 cm³/mol. The van der Waals surface area contributed by atoms with Crippen molar-refractivity contribution in [1.29, 1.82) is 0 Å². The zero-order valence-electron chi connectivity index (χ0n) is 10.3. The van der Waals surface area contributed by atoms with Crippen molar-refractivity contribution >= 4 is 0 Å². The third kappa shape index (κ3) is 3.42. The summed E-state index contributed by atoms with van der Waals surface area (Å²) in [5.74, 6) is 1.76. The molecule has 0 saturated heterocycles. The zero-order valence-corrected chi connectivity index (χ0v) is 10.3. The van der Waals surface area contributed by atoms with E-state index in [4.69, 9.17) is 15.2 Å². The number of ether oxygens (including phenoxy) is 2. The maximum absolute atomic E-state index is 5.97. The van der Waals surface area contributed by atoms with Crippen LogP contribution < -0.4 is 15.2 Å². The second-order valence-corrected chi connectivity index (χ2v) is 3.78. The highest BCUT2D eigenvalue weighted by molar-refractivity contribution is 5.40. The molecule has 0 spiro atoms. The molecule has 0 radical (unpaired) electrons. The van der Waals surface area contributed by atoms with Gasteiger partial charge in [0.25, 0.3) is 0 Å². The zero-order chi connectivity index (χ0) is 12.0. The molecule has 0 aliphatic rings. The summed E-state index contributed by atoms with van der Waals surface area (Å²) < 4.78 is 10.8. The summed E-state index contributed by atoms with van der Waals surface area (Å²) in [5, 5.41) is 0. The van der Waals surface area contributed by atoms with Crippen LogP contribution in [0, 0.1) is 0 Å². The Kier molecular flexibility index (Phi) is 5.12. The molecule has 0 aliphatic heterocycles. The van der Waals surface area contributed by atoms with Crippen molar-refractivity contribution in [3.05, 3.63) is 23.8 Å². The normalized spacial score (nSPS) is 12.2. The molecule has 0 bridgehead atoms. The third-order valence-electron chi connectivity index (χ3n) is 2.57. The van der Waals surface area contributed by atoms with Crippen molar-refractivity contribution in [2.24, 2.45) is 5.73 Å². The van der Waals surface area contributed by atoms with E-state index in [0.717, 1.165) is 29.9 Å². The van der Waals surface area contributed by atoms with Gasteiger partial charge in [0.2, 0.25) is 0 Å². The maximum atomic E-state index is 5.97. The first-order valence-electron chi connectivity index (χ1n) is 5.76. The third-order valence-corrected chi connectivity index (χ3v) is 2.57. The second kappa shape index (κ2) is 6.38. The van der Waals surface area contributed by atoms with Gasteiger partial charge >= 0.3 is 0 Å². The Balaban J connectivity index is 2.90. The van der Waals surface area contributed by atoms with Crippen molar-refractivity contribution in [2.75, 3.05) is 13.7 Å². The van der Waals surface area contributed by atoms with E-state index in [1.54, 1.807) is 7.11 Å². The Morgan fingerprint density at radius 3 is 2.62 bits per heavy atom. The van der Waals surface area contributed by atoms with Crippen LogP contribution in [0.15, 0.2) is 18.2 Å². The minimum absolute atomic E-state index is 0.173. The fourth-order valence-corrected chi connectivity index (χ4v) is 1.57. The molecule has 1 rings (SSSR count). The van der Waals surface area contributed by atoms with Gasteiger partial charge in [-0.1, -0.05) is 6.92 Å². The van der Waals surface area contributed by atoms with E-state index in [2.05, 4.69) is 6.92 Å². The molecule has 0 heterocycles. The number of nitrogens with two attached hydrogens (primary N) is 1. The summed E-state index contributed by atoms with van der Waals surface area (Å²) in [7, 11) is 1.67. The Labute approximate surface area is 97.6 Å². The topological polar surface area (TPSA) is 44.5 Å². The van der Waals surface area contributed by atoms with Crippen molar-refractivity contribution < 1.29 is 9.47 Å². The van der Waals surface area contributed by atoms with Crippen molar-refractivity contribution in [3.8, 4) is 11.5 Å². The molecule has 90 valence electrons. The van der Waals surface area contributed by atoms with Crippen molar-refractivity contribution in [1.82, 2.24) is 0 Å². The summed E-state index contributed by atoms with van der Waals surface area (Å²) in [6, 6.07) is 6.03. The van der Waals surface area contributed by atoms with Gasteiger partial charge in [0.05, 0.1) is 13.7 Å². The SMILES string of the molecule is CCOc1ccc(OC)cc1CC(N)CC. The lowest BCUT2D eigenvalue weighted by atomic mass is 10.0. The lowest BCUT2D eigenvalue weighted by Crippen LogP contribution is -2.21. The van der Waals surface area contributed by atoms with Crippen LogP contribution in [-0.4, -0.2) is 19.8 Å². The average Bonchev–Trinajstić information content (AvgIpc) is 2.31. The second-order valence-electron chi connectivity index (χ2n) is 3.78. The summed E-state index contributed by atoms with van der Waals surface area (Å²) in [5.41, 5.74) is 7.09. The smallest absolute Gasteiger partial charge is 0.122 e. The van der Waals surface area contributed by atoms with Gasteiger partial charge in [-0.2, -0.15) is 0 Å². The molecule has 0 saturated carbocycles. The van der Waals surface area contributed by atoms with E-state index in [0.29, 0.717) is 6.61 Å². The summed E-state index contributed by atoms with van der Waals surface area (Å²) in [6.45, 7) is 4.74. The van der Waals surface area contributed by atoms with E-state index in [1.807, 2.05) is 25.1 Å². The van der Waals surface area contributed by atoms with Crippen LogP contribution in [0.3, 0.4) is 0 Å². The molecular formula is C13H21NO2. The first kappa shape index (κ1) is 12.8. The Morgan fingerprint density at radius 1 is 1.31 bits per heavy atom. The first-order valence-corrected chi connectivity index (χ1v) is 5.76. The maximum Gasteiger partial charge on any atom is 0.122 e. The molecule has 16 heavy (non-hydrogen) atoms. The lowest BCUT2D eigenvalue weighted by molar-refractivity contribution is 0.334. The van der Waals surface area contributed by atoms with Crippen LogP contribution in [0.1, 0.15) is 25.8 Å². The molecule has 3 heteroatoms. The number of benzene rings is 1. The largest absolute Gasteiger partial charge is 0.497 e. The highest BCUT2D eigenvalue weighted by Crippen LogP contribution is 2.25. The molecule has 3 nitrogen and oxygen atoms in total. The molecular weight excluding hydrogens is 202 g/mol. The monoisotopic (exact) mass is 223 g/mol. The molecule has 1 aromatic rings. The number of hydrogen-bond donors (Lipinski definition) is 1. The van der Waals surface area contributed by atoms with Crippen LogP contribution >= 0.6 is 0 Å². The standard InChI is InChI=1S/C13H21NO2/c1-4-11(14)8-10-9-12(15-3)6-7-13(10)16-5-2/h6-7,9,11H,4-5,8,14H2,1-3H3. The average molecular weight is 223 g/mol. The van der Waals surface area contributed by atoms with Crippen LogP contribution in [0.5, 0.6) is 11.5 Å². The van der Waals surface area contributed by atoms with Crippen LogP contribution in [0.2, 0.25) is 0 Å². The van der Waals surface area contributed by atoms with Gasteiger partial charge in [-0.3, -0.25) is 0 Å². The number of rotatable bonds is 6. The molecule has 1 unspecified atom stereocenters. The van der Waals surface area contributed by atoms with Crippen molar-refractivity contribution in [2.45, 2.75) is 32.7 Å². The molecule has 2 N–H and O–H groups in total.